The summed E-state index contributed by atoms with van der Waals surface area (Å²) in [5, 5.41) is 11.1. The molecule has 148 valence electrons. The van der Waals surface area contributed by atoms with E-state index in [-0.39, 0.29) is 12.6 Å². The van der Waals surface area contributed by atoms with Crippen LogP contribution in [0.15, 0.2) is 42.5 Å². The molecule has 0 aromatic heterocycles. The molecule has 0 radical (unpaired) electrons. The van der Waals surface area contributed by atoms with E-state index in [1.54, 1.807) is 38.5 Å². The van der Waals surface area contributed by atoms with Crippen molar-refractivity contribution in [2.75, 3.05) is 27.4 Å². The first-order valence-electron chi connectivity index (χ1n) is 8.94. The molecular formula is C21H28ClNO4. The van der Waals surface area contributed by atoms with Gasteiger partial charge in [-0.2, -0.15) is 0 Å². The number of methoxy groups -OCH3 is 2. The van der Waals surface area contributed by atoms with E-state index in [1.807, 2.05) is 18.2 Å². The van der Waals surface area contributed by atoms with Gasteiger partial charge in [0.15, 0.2) is 11.5 Å². The topological polar surface area (TPSA) is 51.2 Å². The van der Waals surface area contributed by atoms with Crippen molar-refractivity contribution < 1.29 is 19.3 Å². The van der Waals surface area contributed by atoms with Gasteiger partial charge in [-0.3, -0.25) is 4.90 Å². The van der Waals surface area contributed by atoms with Gasteiger partial charge in [-0.15, -0.1) is 0 Å². The van der Waals surface area contributed by atoms with Crippen LogP contribution in [0.25, 0.3) is 0 Å². The van der Waals surface area contributed by atoms with Gasteiger partial charge in [0.05, 0.1) is 14.2 Å². The maximum atomic E-state index is 10.4. The second kappa shape index (κ2) is 10.4. The van der Waals surface area contributed by atoms with Crippen LogP contribution in [0.4, 0.5) is 0 Å². The molecule has 0 amide bonds. The first kappa shape index (κ1) is 21.4. The fourth-order valence-corrected chi connectivity index (χ4v) is 2.84. The SMILES string of the molecule is COc1ccc(CN(CC(O)COc2ccc(Cl)cc2)C(C)C)cc1OC. The third-order valence-electron chi connectivity index (χ3n) is 4.27. The van der Waals surface area contributed by atoms with Gasteiger partial charge in [0.25, 0.3) is 0 Å². The molecule has 1 unspecified atom stereocenters. The molecule has 0 aliphatic rings. The predicted molar refractivity (Wildman–Crippen MR) is 108 cm³/mol. The quantitative estimate of drug-likeness (QED) is 0.661. The van der Waals surface area contributed by atoms with E-state index in [1.165, 1.54) is 0 Å². The van der Waals surface area contributed by atoms with Gasteiger partial charge in [0.2, 0.25) is 0 Å². The van der Waals surface area contributed by atoms with Gasteiger partial charge in [0.1, 0.15) is 18.5 Å². The first-order chi connectivity index (χ1) is 12.9. The Balaban J connectivity index is 1.95. The lowest BCUT2D eigenvalue weighted by molar-refractivity contribution is 0.0543. The second-order valence-corrected chi connectivity index (χ2v) is 7.07. The third-order valence-corrected chi connectivity index (χ3v) is 4.52. The molecule has 0 heterocycles. The minimum Gasteiger partial charge on any atom is -0.493 e. The normalized spacial score (nSPS) is 12.3. The molecule has 0 aliphatic heterocycles. The number of aliphatic hydroxyl groups is 1. The summed E-state index contributed by atoms with van der Waals surface area (Å²) < 4.78 is 16.3. The Morgan fingerprint density at radius 1 is 1.00 bits per heavy atom. The largest absolute Gasteiger partial charge is 0.493 e. The first-order valence-corrected chi connectivity index (χ1v) is 9.32. The Bertz CT molecular complexity index is 706. The van der Waals surface area contributed by atoms with Crippen molar-refractivity contribution in [1.29, 1.82) is 0 Å². The molecule has 27 heavy (non-hydrogen) atoms. The van der Waals surface area contributed by atoms with Crippen LogP contribution >= 0.6 is 11.6 Å². The number of hydrogen-bond donors (Lipinski definition) is 1. The van der Waals surface area contributed by atoms with Crippen LogP contribution in [0.3, 0.4) is 0 Å². The van der Waals surface area contributed by atoms with Crippen molar-refractivity contribution in [3.63, 3.8) is 0 Å². The van der Waals surface area contributed by atoms with Gasteiger partial charge < -0.3 is 19.3 Å². The Labute approximate surface area is 166 Å². The summed E-state index contributed by atoms with van der Waals surface area (Å²) in [6, 6.07) is 13.2. The Morgan fingerprint density at radius 3 is 2.26 bits per heavy atom. The van der Waals surface area contributed by atoms with E-state index in [4.69, 9.17) is 25.8 Å². The number of nitrogens with zero attached hydrogens (tertiary/aromatic N) is 1. The summed E-state index contributed by atoms with van der Waals surface area (Å²) in [6.07, 6.45) is -0.608. The number of benzene rings is 2. The van der Waals surface area contributed by atoms with E-state index in [9.17, 15) is 5.11 Å². The van der Waals surface area contributed by atoms with Crippen LogP contribution in [0.5, 0.6) is 17.2 Å². The van der Waals surface area contributed by atoms with Crippen molar-refractivity contribution in [3.05, 3.63) is 53.1 Å². The summed E-state index contributed by atoms with van der Waals surface area (Å²) in [5.74, 6) is 2.09. The van der Waals surface area contributed by atoms with Crippen LogP contribution in [0, 0.1) is 0 Å². The summed E-state index contributed by atoms with van der Waals surface area (Å²) >= 11 is 5.87. The van der Waals surface area contributed by atoms with Crippen LogP contribution in [0.1, 0.15) is 19.4 Å². The molecule has 2 aromatic rings. The fraction of sp³-hybridized carbons (Fsp3) is 0.429. The average Bonchev–Trinajstić information content (AvgIpc) is 2.66. The lowest BCUT2D eigenvalue weighted by Crippen LogP contribution is -2.39. The molecule has 1 N–H and O–H groups in total. The number of halogens is 1. The molecule has 5 nitrogen and oxygen atoms in total. The third kappa shape index (κ3) is 6.61. The van der Waals surface area contributed by atoms with E-state index in [0.717, 1.165) is 5.56 Å². The van der Waals surface area contributed by atoms with Crippen molar-refractivity contribution in [2.45, 2.75) is 32.5 Å². The van der Waals surface area contributed by atoms with Crippen LogP contribution < -0.4 is 14.2 Å². The second-order valence-electron chi connectivity index (χ2n) is 6.63. The smallest absolute Gasteiger partial charge is 0.161 e. The maximum absolute atomic E-state index is 10.4. The Hall–Kier alpha value is -1.95. The highest BCUT2D eigenvalue weighted by molar-refractivity contribution is 6.30. The predicted octanol–water partition coefficient (Wildman–Crippen LogP) is 4.01. The highest BCUT2D eigenvalue weighted by Crippen LogP contribution is 2.28. The van der Waals surface area contributed by atoms with Gasteiger partial charge in [-0.25, -0.2) is 0 Å². The standard InChI is InChI=1S/C21H28ClNO4/c1-15(2)23(12-16-5-10-20(25-3)21(11-16)26-4)13-18(24)14-27-19-8-6-17(22)7-9-19/h5-11,15,18,24H,12-14H2,1-4H3. The monoisotopic (exact) mass is 393 g/mol. The minimum absolute atomic E-state index is 0.219. The number of rotatable bonds is 10. The van der Waals surface area contributed by atoms with Crippen LogP contribution in [-0.2, 0) is 6.54 Å². The molecular weight excluding hydrogens is 366 g/mol. The Kier molecular flexibility index (Phi) is 8.23. The molecule has 2 rings (SSSR count). The molecule has 6 heteroatoms. The van der Waals surface area contributed by atoms with E-state index < -0.39 is 6.10 Å². The van der Waals surface area contributed by atoms with Gasteiger partial charge in [0, 0.05) is 24.2 Å². The summed E-state index contributed by atoms with van der Waals surface area (Å²) in [6.45, 7) is 5.62. The fourth-order valence-electron chi connectivity index (χ4n) is 2.72. The molecule has 0 saturated carbocycles. The van der Waals surface area contributed by atoms with Crippen molar-refractivity contribution >= 4 is 11.6 Å². The lowest BCUT2D eigenvalue weighted by atomic mass is 10.1. The van der Waals surface area contributed by atoms with Crippen LogP contribution in [0.2, 0.25) is 5.02 Å². The summed E-state index contributed by atoms with van der Waals surface area (Å²) in [4.78, 5) is 2.19. The zero-order chi connectivity index (χ0) is 19.8. The highest BCUT2D eigenvalue weighted by Gasteiger charge is 2.17. The zero-order valence-corrected chi connectivity index (χ0v) is 17.1. The van der Waals surface area contributed by atoms with Crippen LogP contribution in [-0.4, -0.2) is 49.5 Å². The van der Waals surface area contributed by atoms with E-state index >= 15 is 0 Å². The average molecular weight is 394 g/mol. The Morgan fingerprint density at radius 2 is 1.67 bits per heavy atom. The van der Waals surface area contributed by atoms with Gasteiger partial charge in [-0.05, 0) is 55.8 Å². The van der Waals surface area contributed by atoms with Crippen molar-refractivity contribution in [1.82, 2.24) is 4.90 Å². The maximum Gasteiger partial charge on any atom is 0.161 e. The minimum atomic E-state index is -0.608. The molecule has 0 saturated heterocycles. The van der Waals surface area contributed by atoms with E-state index in [0.29, 0.717) is 35.4 Å². The molecule has 0 bridgehead atoms. The molecule has 0 fully saturated rings. The van der Waals surface area contributed by atoms with Crippen molar-refractivity contribution in [3.8, 4) is 17.2 Å². The summed E-state index contributed by atoms with van der Waals surface area (Å²) in [5.41, 5.74) is 1.09. The number of hydrogen-bond acceptors (Lipinski definition) is 5. The lowest BCUT2D eigenvalue weighted by Gasteiger charge is -2.29. The van der Waals surface area contributed by atoms with Gasteiger partial charge in [-0.1, -0.05) is 17.7 Å². The number of aliphatic hydroxyl groups excluding tert-OH is 1. The van der Waals surface area contributed by atoms with Gasteiger partial charge >= 0.3 is 0 Å². The van der Waals surface area contributed by atoms with E-state index in [2.05, 4.69) is 18.7 Å². The molecule has 1 atom stereocenters. The molecule has 0 aliphatic carbocycles. The number of ether oxygens (including phenoxy) is 3. The molecule has 0 spiro atoms. The molecule has 2 aromatic carbocycles. The summed E-state index contributed by atoms with van der Waals surface area (Å²) in [7, 11) is 3.24. The highest BCUT2D eigenvalue weighted by atomic mass is 35.5. The zero-order valence-electron chi connectivity index (χ0n) is 16.3. The van der Waals surface area contributed by atoms with Crippen molar-refractivity contribution in [2.24, 2.45) is 0 Å².